The molecule has 4 heteroatoms. The number of hydrogen-bond acceptors (Lipinski definition) is 4. The highest BCUT2D eigenvalue weighted by atomic mass is 15.2. The SMILES string of the molecule is CC1(C)c2cc(N(c3ccccc3)c3ccc(-c4ccccc4)cc3)ccc2-c2cc3c(N(c4ccccc4)c4ccc(-c5ccccc5)cc4)c4cc(N(c5ccccc5)c5ccc(-c6ccccc6)cc5)ccc4c(N(c4ccccc4)c4ccc(-c5ccccc5)cc4)c3cc21. The van der Waals surface area contributed by atoms with Crippen LogP contribution in [0.4, 0.5) is 68.2 Å². The zero-order valence-electron chi connectivity index (χ0n) is 55.2. The molecule has 1 aliphatic carbocycles. The molecule has 0 fully saturated rings. The summed E-state index contributed by atoms with van der Waals surface area (Å²) in [6.45, 7) is 4.85. The molecule has 0 amide bonds. The van der Waals surface area contributed by atoms with Crippen molar-refractivity contribution >= 4 is 89.8 Å². The fourth-order valence-corrected chi connectivity index (χ4v) is 14.9. The first-order chi connectivity index (χ1) is 48.9. The van der Waals surface area contributed by atoms with Crippen LogP contribution >= 0.6 is 0 Å². The van der Waals surface area contributed by atoms with Gasteiger partial charge in [0, 0.05) is 83.8 Å². The number of hydrogen-bond donors (Lipinski definition) is 0. The molecule has 0 N–H and O–H groups in total. The standard InChI is InChI=1S/C95H70N4/c1-95(2)91-64-84(97(76-37-21-8-22-38-76)80-53-45-72(46-54-80)68-29-13-4-14-30-68)59-61-85(91)87-65-89-90(66-92(87)95)93(98(77-39-23-9-24-40-77)81-55-47-73(48-56-81)69-31-15-5-16-32-69)86-62-60-83(96(75-35-19-7-20-36-75)79-51-43-71(44-52-79)67-27-11-3-12-28-67)63-88(86)94(89)99(78-41-25-10-26-42-78)82-57-49-74(50-58-82)70-33-17-6-18-34-70/h3-66H,1-2H3. The number of benzene rings is 16. The second-order valence-electron chi connectivity index (χ2n) is 26.1. The Hall–Kier alpha value is -12.8. The molecular weight excluding hydrogens is 1200 g/mol. The molecular formula is C95H70N4. The first-order valence-electron chi connectivity index (χ1n) is 34.1. The average molecular weight is 1270 g/mol. The van der Waals surface area contributed by atoms with Gasteiger partial charge in [0.15, 0.2) is 0 Å². The van der Waals surface area contributed by atoms with Gasteiger partial charge in [-0.3, -0.25) is 0 Å². The first kappa shape index (κ1) is 59.9. The van der Waals surface area contributed by atoms with Crippen LogP contribution in [0.3, 0.4) is 0 Å². The quantitative estimate of drug-likeness (QED) is 0.0706. The van der Waals surface area contributed by atoms with Crippen molar-refractivity contribution < 1.29 is 0 Å². The Labute approximate surface area is 580 Å². The molecule has 0 atom stereocenters. The van der Waals surface area contributed by atoms with Crippen molar-refractivity contribution in [2.45, 2.75) is 19.3 Å². The van der Waals surface area contributed by atoms with Crippen LogP contribution in [0.5, 0.6) is 0 Å². The number of nitrogens with zero attached hydrogens (tertiary/aromatic N) is 4. The van der Waals surface area contributed by atoms with E-state index in [4.69, 9.17) is 0 Å². The van der Waals surface area contributed by atoms with E-state index in [1.54, 1.807) is 0 Å². The molecule has 1 aliphatic rings. The Morgan fingerprint density at radius 3 is 0.778 bits per heavy atom. The average Bonchev–Trinajstić information content (AvgIpc) is 1.67. The van der Waals surface area contributed by atoms with Crippen molar-refractivity contribution in [3.8, 4) is 55.6 Å². The van der Waals surface area contributed by atoms with E-state index in [2.05, 4.69) is 422 Å². The smallest absolute Gasteiger partial charge is 0.0620 e. The number of rotatable bonds is 16. The van der Waals surface area contributed by atoms with Crippen LogP contribution in [-0.2, 0) is 5.41 Å². The molecule has 0 saturated carbocycles. The lowest BCUT2D eigenvalue weighted by Gasteiger charge is -2.34. The van der Waals surface area contributed by atoms with Crippen LogP contribution in [0.25, 0.3) is 77.2 Å². The fourth-order valence-electron chi connectivity index (χ4n) is 14.9. The third-order valence-electron chi connectivity index (χ3n) is 19.8. The topological polar surface area (TPSA) is 13.0 Å². The van der Waals surface area contributed by atoms with E-state index in [-0.39, 0.29) is 0 Å². The molecule has 0 aromatic heterocycles. The van der Waals surface area contributed by atoms with Gasteiger partial charge in [0.2, 0.25) is 0 Å². The lowest BCUT2D eigenvalue weighted by atomic mass is 9.81. The summed E-state index contributed by atoms with van der Waals surface area (Å²) in [5.41, 5.74) is 26.6. The molecule has 16 aromatic rings. The van der Waals surface area contributed by atoms with Crippen LogP contribution in [0.1, 0.15) is 25.0 Å². The number of para-hydroxylation sites is 4. The molecule has 16 aromatic carbocycles. The number of anilines is 12. The van der Waals surface area contributed by atoms with E-state index in [0.29, 0.717) is 0 Å². The third-order valence-corrected chi connectivity index (χ3v) is 19.8. The van der Waals surface area contributed by atoms with E-state index in [1.807, 2.05) is 0 Å². The minimum atomic E-state index is -0.446. The van der Waals surface area contributed by atoms with Crippen molar-refractivity contribution in [2.75, 3.05) is 19.6 Å². The van der Waals surface area contributed by atoms with Crippen LogP contribution in [0, 0.1) is 0 Å². The molecule has 0 bridgehead atoms. The van der Waals surface area contributed by atoms with Crippen LogP contribution in [-0.4, -0.2) is 0 Å². The van der Waals surface area contributed by atoms with E-state index >= 15 is 0 Å². The summed E-state index contributed by atoms with van der Waals surface area (Å²) in [7, 11) is 0. The summed E-state index contributed by atoms with van der Waals surface area (Å²) >= 11 is 0. The Morgan fingerprint density at radius 1 is 0.172 bits per heavy atom. The van der Waals surface area contributed by atoms with E-state index in [1.165, 1.54) is 50.1 Å². The molecule has 99 heavy (non-hydrogen) atoms. The van der Waals surface area contributed by atoms with Gasteiger partial charge in [0.1, 0.15) is 0 Å². The van der Waals surface area contributed by atoms with Crippen molar-refractivity contribution in [1.29, 1.82) is 0 Å². The molecule has 0 heterocycles. The highest BCUT2D eigenvalue weighted by Crippen LogP contribution is 2.58. The highest BCUT2D eigenvalue weighted by molar-refractivity contribution is 6.25. The summed E-state index contributed by atoms with van der Waals surface area (Å²) < 4.78 is 0. The normalized spacial score (nSPS) is 12.0. The van der Waals surface area contributed by atoms with Gasteiger partial charge < -0.3 is 19.6 Å². The lowest BCUT2D eigenvalue weighted by Crippen LogP contribution is -2.18. The second kappa shape index (κ2) is 25.8. The predicted octanol–water partition coefficient (Wildman–Crippen LogP) is 26.8. The van der Waals surface area contributed by atoms with Gasteiger partial charge in [0.05, 0.1) is 11.4 Å². The minimum absolute atomic E-state index is 0.446. The first-order valence-corrected chi connectivity index (χ1v) is 34.1. The van der Waals surface area contributed by atoms with E-state index in [9.17, 15) is 0 Å². The zero-order valence-corrected chi connectivity index (χ0v) is 55.2. The van der Waals surface area contributed by atoms with Crippen molar-refractivity contribution in [1.82, 2.24) is 0 Å². The molecule has 0 saturated heterocycles. The maximum atomic E-state index is 2.56. The van der Waals surface area contributed by atoms with Gasteiger partial charge in [-0.15, -0.1) is 0 Å². The Morgan fingerprint density at radius 2 is 0.414 bits per heavy atom. The van der Waals surface area contributed by atoms with Crippen LogP contribution in [0.2, 0.25) is 0 Å². The summed E-state index contributed by atoms with van der Waals surface area (Å²) in [5, 5.41) is 4.42. The van der Waals surface area contributed by atoms with Crippen LogP contribution in [0.15, 0.2) is 388 Å². The van der Waals surface area contributed by atoms with Crippen molar-refractivity contribution in [3.05, 3.63) is 399 Å². The van der Waals surface area contributed by atoms with Gasteiger partial charge in [-0.2, -0.15) is 0 Å². The van der Waals surface area contributed by atoms with Gasteiger partial charge in [-0.05, 0) is 200 Å². The predicted molar refractivity (Wildman–Crippen MR) is 419 cm³/mol. The van der Waals surface area contributed by atoms with E-state index < -0.39 is 5.41 Å². The van der Waals surface area contributed by atoms with Crippen LogP contribution < -0.4 is 19.6 Å². The summed E-state index contributed by atoms with van der Waals surface area (Å²) in [5.74, 6) is 0. The highest BCUT2D eigenvalue weighted by Gasteiger charge is 2.39. The summed E-state index contributed by atoms with van der Waals surface area (Å²) in [4.78, 5) is 9.86. The number of fused-ring (bicyclic) bond motifs is 5. The summed E-state index contributed by atoms with van der Waals surface area (Å²) in [6.07, 6.45) is 0. The third kappa shape index (κ3) is 11.2. The minimum Gasteiger partial charge on any atom is -0.310 e. The molecule has 470 valence electrons. The molecule has 17 rings (SSSR count). The zero-order chi connectivity index (χ0) is 66.2. The Bertz CT molecular complexity index is 5500. The summed E-state index contributed by atoms with van der Waals surface area (Å²) in [6, 6.07) is 142. The molecule has 4 nitrogen and oxygen atoms in total. The second-order valence-corrected chi connectivity index (χ2v) is 26.1. The molecule has 0 spiro atoms. The van der Waals surface area contributed by atoms with Gasteiger partial charge in [-0.25, -0.2) is 0 Å². The fraction of sp³-hybridized carbons (Fsp3) is 0.0316. The Balaban J connectivity index is 0.958. The largest absolute Gasteiger partial charge is 0.310 e. The van der Waals surface area contributed by atoms with Gasteiger partial charge >= 0.3 is 0 Å². The molecule has 0 aliphatic heterocycles. The van der Waals surface area contributed by atoms with Crippen molar-refractivity contribution in [3.63, 3.8) is 0 Å². The Kier molecular flexibility index (Phi) is 15.6. The lowest BCUT2D eigenvalue weighted by molar-refractivity contribution is 0.661. The van der Waals surface area contributed by atoms with Gasteiger partial charge in [-0.1, -0.05) is 269 Å². The molecule has 0 unspecified atom stereocenters. The maximum absolute atomic E-state index is 2.56. The monoisotopic (exact) mass is 1270 g/mol. The maximum Gasteiger partial charge on any atom is 0.0620 e. The van der Waals surface area contributed by atoms with E-state index in [0.717, 1.165) is 106 Å². The molecule has 0 radical (unpaired) electrons. The van der Waals surface area contributed by atoms with Crippen molar-refractivity contribution in [2.24, 2.45) is 0 Å². The van der Waals surface area contributed by atoms with Gasteiger partial charge in [0.25, 0.3) is 0 Å².